The summed E-state index contributed by atoms with van der Waals surface area (Å²) < 4.78 is 0. The summed E-state index contributed by atoms with van der Waals surface area (Å²) in [4.78, 5) is 2.55. The fourth-order valence-corrected chi connectivity index (χ4v) is 11.2. The Morgan fingerprint density at radius 2 is 0.766 bits per heavy atom. The highest BCUT2D eigenvalue weighted by Gasteiger charge is 2.47. The van der Waals surface area contributed by atoms with Gasteiger partial charge in [0.2, 0.25) is 0 Å². The molecule has 2 aliphatic rings. The van der Waals surface area contributed by atoms with Gasteiger partial charge in [-0.3, -0.25) is 0 Å². The van der Waals surface area contributed by atoms with Crippen LogP contribution in [0, 0.1) is 0 Å². The maximum atomic E-state index is 2.55. The molecule has 64 heavy (non-hydrogen) atoms. The van der Waals surface area contributed by atoms with Crippen LogP contribution in [0.4, 0.5) is 17.1 Å². The van der Waals surface area contributed by atoms with Crippen LogP contribution >= 0.6 is 0 Å². The van der Waals surface area contributed by atoms with Crippen molar-refractivity contribution in [1.82, 2.24) is 0 Å². The summed E-state index contributed by atoms with van der Waals surface area (Å²) >= 11 is 0. The molecule has 0 spiro atoms. The molecule has 0 aliphatic heterocycles. The highest BCUT2D eigenvalue weighted by molar-refractivity contribution is 5.99. The largest absolute Gasteiger partial charge is 0.309 e. The smallest absolute Gasteiger partial charge is 0.0714 e. The zero-order chi connectivity index (χ0) is 42.7. The van der Waals surface area contributed by atoms with Crippen molar-refractivity contribution in [3.05, 3.63) is 294 Å². The fraction of sp³-hybridized carbons (Fsp3) is 0.0476. The molecule has 302 valence electrons. The first-order valence-corrected chi connectivity index (χ1v) is 22.3. The molecule has 0 heterocycles. The van der Waals surface area contributed by atoms with Crippen LogP contribution in [0.15, 0.2) is 255 Å². The summed E-state index contributed by atoms with van der Waals surface area (Å²) in [6.07, 6.45) is 0. The molecule has 1 atom stereocenters. The molecule has 0 saturated carbocycles. The molecular weight excluding hydrogens is 771 g/mol. The number of hydrogen-bond acceptors (Lipinski definition) is 1. The van der Waals surface area contributed by atoms with Crippen molar-refractivity contribution in [2.24, 2.45) is 0 Å². The van der Waals surface area contributed by atoms with Crippen molar-refractivity contribution in [1.29, 1.82) is 0 Å². The summed E-state index contributed by atoms with van der Waals surface area (Å²) in [6.45, 7) is 2.41. The molecule has 10 aromatic carbocycles. The average Bonchev–Trinajstić information content (AvgIpc) is 3.83. The topological polar surface area (TPSA) is 3.24 Å². The number of anilines is 3. The molecular formula is C63H45N. The van der Waals surface area contributed by atoms with E-state index in [4.69, 9.17) is 0 Å². The molecule has 10 aromatic rings. The van der Waals surface area contributed by atoms with E-state index in [0.29, 0.717) is 0 Å². The third-order valence-corrected chi connectivity index (χ3v) is 14.1. The summed E-state index contributed by atoms with van der Waals surface area (Å²) in [5.41, 5.74) is 21.3. The Kier molecular flexibility index (Phi) is 8.91. The number of rotatable bonds is 8. The van der Waals surface area contributed by atoms with Gasteiger partial charge >= 0.3 is 0 Å². The van der Waals surface area contributed by atoms with Gasteiger partial charge in [-0.25, -0.2) is 0 Å². The van der Waals surface area contributed by atoms with E-state index in [1.165, 1.54) is 77.9 Å². The number of fused-ring (bicyclic) bond motifs is 6. The molecule has 0 N–H and O–H groups in total. The van der Waals surface area contributed by atoms with E-state index in [1.807, 2.05) is 0 Å². The first-order chi connectivity index (χ1) is 31.7. The predicted octanol–water partition coefficient (Wildman–Crippen LogP) is 16.2. The van der Waals surface area contributed by atoms with E-state index >= 15 is 0 Å². The molecule has 1 unspecified atom stereocenters. The predicted molar refractivity (Wildman–Crippen MR) is 267 cm³/mol. The molecule has 1 nitrogen and oxygen atoms in total. The summed E-state index contributed by atoms with van der Waals surface area (Å²) in [7, 11) is 0. The molecule has 0 bridgehead atoms. The van der Waals surface area contributed by atoms with Crippen LogP contribution in [0.25, 0.3) is 44.5 Å². The molecule has 0 aromatic heterocycles. The zero-order valence-electron chi connectivity index (χ0n) is 35.7. The van der Waals surface area contributed by atoms with Gasteiger partial charge in [0.1, 0.15) is 0 Å². The standard InChI is InChI=1S/C63H45N/c1-62(47-23-8-3-9-24-47)55-32-17-15-31-54(55)61-57(62)34-20-36-60(61)64(59-35-19-16-29-51(59)46-39-37-45(38-40-46)44-21-6-2-7-22-44)50-41-42-53-52-30-14-18-33-56(52)63(58(53)43-50,48-25-10-4-11-26-48)49-27-12-5-13-28-49/h2-43H,1H3. The lowest BCUT2D eigenvalue weighted by atomic mass is 9.67. The Morgan fingerprint density at radius 3 is 1.44 bits per heavy atom. The van der Waals surface area contributed by atoms with Crippen molar-refractivity contribution < 1.29 is 0 Å². The first kappa shape index (κ1) is 37.7. The lowest BCUT2D eigenvalue weighted by Gasteiger charge is -2.35. The quantitative estimate of drug-likeness (QED) is 0.148. The SMILES string of the molecule is CC1(c2ccccc2)c2ccccc2-c2c(N(c3ccc4c(c3)C(c3ccccc3)(c3ccccc3)c3ccccc3-4)c3ccccc3-c3ccc(-c4ccccc4)cc3)cccc21. The fourth-order valence-electron chi connectivity index (χ4n) is 11.2. The van der Waals surface area contributed by atoms with Gasteiger partial charge in [0.05, 0.1) is 16.8 Å². The van der Waals surface area contributed by atoms with Gasteiger partial charge in [-0.1, -0.05) is 231 Å². The first-order valence-electron chi connectivity index (χ1n) is 22.3. The van der Waals surface area contributed by atoms with Gasteiger partial charge < -0.3 is 4.90 Å². The number of para-hydroxylation sites is 1. The van der Waals surface area contributed by atoms with E-state index < -0.39 is 5.41 Å². The lowest BCUT2D eigenvalue weighted by Crippen LogP contribution is -2.28. The lowest BCUT2D eigenvalue weighted by molar-refractivity contribution is 0.714. The summed E-state index contributed by atoms with van der Waals surface area (Å²) in [5, 5.41) is 0. The van der Waals surface area contributed by atoms with Crippen molar-refractivity contribution >= 4 is 17.1 Å². The molecule has 0 fully saturated rings. The van der Waals surface area contributed by atoms with E-state index in [2.05, 4.69) is 267 Å². The highest BCUT2D eigenvalue weighted by atomic mass is 15.1. The Bertz CT molecular complexity index is 3280. The third kappa shape index (κ3) is 5.64. The van der Waals surface area contributed by atoms with E-state index in [1.54, 1.807) is 0 Å². The molecule has 12 rings (SSSR count). The Balaban J connectivity index is 1.15. The van der Waals surface area contributed by atoms with Crippen LogP contribution in [0.3, 0.4) is 0 Å². The van der Waals surface area contributed by atoms with E-state index in [0.717, 1.165) is 22.6 Å². The van der Waals surface area contributed by atoms with Gasteiger partial charge in [0, 0.05) is 22.2 Å². The van der Waals surface area contributed by atoms with Gasteiger partial charge in [0.15, 0.2) is 0 Å². The van der Waals surface area contributed by atoms with Gasteiger partial charge in [0.25, 0.3) is 0 Å². The third-order valence-electron chi connectivity index (χ3n) is 14.1. The van der Waals surface area contributed by atoms with E-state index in [9.17, 15) is 0 Å². The van der Waals surface area contributed by atoms with Crippen LogP contribution in [0.5, 0.6) is 0 Å². The number of hydrogen-bond donors (Lipinski definition) is 0. The Morgan fingerprint density at radius 1 is 0.297 bits per heavy atom. The number of nitrogens with zero attached hydrogens (tertiary/aromatic N) is 1. The van der Waals surface area contributed by atoms with Crippen molar-refractivity contribution in [2.45, 2.75) is 17.8 Å². The van der Waals surface area contributed by atoms with E-state index in [-0.39, 0.29) is 5.41 Å². The minimum Gasteiger partial charge on any atom is -0.309 e. The van der Waals surface area contributed by atoms with Crippen LogP contribution in [0.1, 0.15) is 45.9 Å². The molecule has 0 saturated heterocycles. The van der Waals surface area contributed by atoms with Crippen molar-refractivity contribution in [3.63, 3.8) is 0 Å². The zero-order valence-corrected chi connectivity index (χ0v) is 35.7. The maximum absolute atomic E-state index is 2.55. The maximum Gasteiger partial charge on any atom is 0.0714 e. The number of benzene rings is 10. The molecule has 0 radical (unpaired) electrons. The van der Waals surface area contributed by atoms with Crippen LogP contribution in [0.2, 0.25) is 0 Å². The molecule has 0 amide bonds. The Hall–Kier alpha value is -8.00. The van der Waals surface area contributed by atoms with Gasteiger partial charge in [-0.2, -0.15) is 0 Å². The summed E-state index contributed by atoms with van der Waals surface area (Å²) in [6, 6.07) is 94.2. The summed E-state index contributed by atoms with van der Waals surface area (Å²) in [5.74, 6) is 0. The van der Waals surface area contributed by atoms with Gasteiger partial charge in [-0.05, 0) is 104 Å². The minimum atomic E-state index is -0.542. The Labute approximate surface area is 376 Å². The van der Waals surface area contributed by atoms with Crippen LogP contribution < -0.4 is 4.90 Å². The van der Waals surface area contributed by atoms with Crippen molar-refractivity contribution in [2.75, 3.05) is 4.90 Å². The van der Waals surface area contributed by atoms with Crippen LogP contribution in [-0.4, -0.2) is 0 Å². The molecule has 2 aliphatic carbocycles. The highest BCUT2D eigenvalue weighted by Crippen LogP contribution is 2.60. The molecule has 1 heteroatoms. The second kappa shape index (κ2) is 15.1. The van der Waals surface area contributed by atoms with Crippen molar-refractivity contribution in [3.8, 4) is 44.5 Å². The average molecular weight is 816 g/mol. The monoisotopic (exact) mass is 815 g/mol. The normalized spacial score (nSPS) is 15.1. The second-order valence-corrected chi connectivity index (χ2v) is 17.3. The minimum absolute atomic E-state index is 0.350. The van der Waals surface area contributed by atoms with Crippen LogP contribution in [-0.2, 0) is 10.8 Å². The van der Waals surface area contributed by atoms with Gasteiger partial charge in [-0.15, -0.1) is 0 Å². The second-order valence-electron chi connectivity index (χ2n) is 17.3.